The Kier molecular flexibility index (Phi) is 6.71. The predicted molar refractivity (Wildman–Crippen MR) is 149 cm³/mol. The quantitative estimate of drug-likeness (QED) is 0.291. The van der Waals surface area contributed by atoms with E-state index in [4.69, 9.17) is 15.4 Å². The molecular formula is C26H29N11O2. The van der Waals surface area contributed by atoms with Crippen LogP contribution in [0, 0.1) is 6.57 Å². The van der Waals surface area contributed by atoms with Gasteiger partial charge in [-0.05, 0) is 24.3 Å². The first kappa shape index (κ1) is 22.9. The van der Waals surface area contributed by atoms with Crippen molar-refractivity contribution in [2.75, 3.05) is 42.7 Å². The van der Waals surface area contributed by atoms with E-state index in [2.05, 4.69) is 45.6 Å². The van der Waals surface area contributed by atoms with Gasteiger partial charge in [0.05, 0.1) is 49.0 Å². The third-order valence-electron chi connectivity index (χ3n) is 5.87. The first-order valence-corrected chi connectivity index (χ1v) is 11.5. The average molecular weight is 531 g/mol. The number of nitrogens with zero attached hydrogens (tertiary/aromatic N) is 8. The van der Waals surface area contributed by atoms with E-state index in [1.54, 1.807) is 48.5 Å². The number of para-hydroxylation sites is 1. The molecule has 5 rings (SSSR count). The van der Waals surface area contributed by atoms with E-state index in [0.29, 0.717) is 41.7 Å². The van der Waals surface area contributed by atoms with Gasteiger partial charge in [-0.2, -0.15) is 5.10 Å². The van der Waals surface area contributed by atoms with Crippen LogP contribution in [0.1, 0.15) is 22.0 Å². The Hall–Kier alpha value is -5.25. The highest BCUT2D eigenvalue weighted by molar-refractivity contribution is 5.99. The number of anilines is 5. The van der Waals surface area contributed by atoms with Crippen LogP contribution < -0.4 is 25.6 Å². The molecule has 13 nitrogen and oxygen atoms in total. The molecule has 3 N–H and O–H groups in total. The molecule has 0 atom stereocenters. The summed E-state index contributed by atoms with van der Waals surface area (Å²) in [4.78, 5) is 27.1. The number of benzene rings is 1. The lowest BCUT2D eigenvalue weighted by molar-refractivity contribution is 0.0958. The van der Waals surface area contributed by atoms with E-state index in [1.165, 1.54) is 13.2 Å². The maximum atomic E-state index is 12.8. The average Bonchev–Trinajstić information content (AvgIpc) is 3.34. The molecule has 0 saturated carbocycles. The number of carbonyl (C=O) groups is 1. The molecule has 1 aromatic carbocycles. The highest BCUT2D eigenvalue weighted by Gasteiger charge is 2.31. The number of aromatic nitrogens is 6. The Morgan fingerprint density at radius 3 is 2.67 bits per heavy atom. The van der Waals surface area contributed by atoms with Crippen LogP contribution >= 0.6 is 0 Å². The van der Waals surface area contributed by atoms with Crippen LogP contribution in [0.3, 0.4) is 0 Å². The Morgan fingerprint density at radius 2 is 2.00 bits per heavy atom. The predicted octanol–water partition coefficient (Wildman–Crippen LogP) is 3.27. The number of methoxy groups -OCH3 is 1. The molecule has 0 bridgehead atoms. The second kappa shape index (κ2) is 11.4. The van der Waals surface area contributed by atoms with Gasteiger partial charge in [0.25, 0.3) is 11.9 Å². The van der Waals surface area contributed by atoms with Gasteiger partial charge >= 0.3 is 0 Å². The van der Waals surface area contributed by atoms with Crippen LogP contribution in [0.4, 0.5) is 28.7 Å². The van der Waals surface area contributed by atoms with E-state index >= 15 is 0 Å². The van der Waals surface area contributed by atoms with Crippen LogP contribution in [-0.4, -0.2) is 69.1 Å². The molecule has 200 valence electrons. The van der Waals surface area contributed by atoms with Gasteiger partial charge in [0.1, 0.15) is 12.1 Å². The van der Waals surface area contributed by atoms with Gasteiger partial charge in [-0.1, -0.05) is 13.5 Å². The lowest BCUT2D eigenvalue weighted by atomic mass is 10.1. The van der Waals surface area contributed by atoms with E-state index in [-0.39, 0.29) is 30.7 Å². The zero-order valence-corrected chi connectivity index (χ0v) is 20.5. The maximum absolute atomic E-state index is 12.8. The molecule has 4 aromatic rings. The summed E-state index contributed by atoms with van der Waals surface area (Å²) in [6.45, 7) is 5.71. The van der Waals surface area contributed by atoms with Gasteiger partial charge < -0.3 is 30.4 Å². The highest BCUT2D eigenvalue weighted by atomic mass is 16.5. The fourth-order valence-electron chi connectivity index (χ4n) is 3.94. The van der Waals surface area contributed by atoms with Gasteiger partial charge in [-0.3, -0.25) is 9.48 Å². The molecule has 0 spiro atoms. The van der Waals surface area contributed by atoms with Crippen molar-refractivity contribution in [2.45, 2.75) is 13.5 Å². The molecule has 1 aliphatic heterocycles. The summed E-state index contributed by atoms with van der Waals surface area (Å²) in [5, 5.41) is 20.5. The largest absolute Gasteiger partial charge is 0.494 e. The van der Waals surface area contributed by atoms with E-state index in [1.807, 2.05) is 11.4 Å². The normalized spacial score (nSPS) is 14.0. The molecule has 1 saturated heterocycles. The summed E-state index contributed by atoms with van der Waals surface area (Å²) in [7, 11) is 3.24. The molecule has 39 heavy (non-hydrogen) atoms. The topological polar surface area (TPSA) is 139 Å². The Labute approximate surface area is 230 Å². The Balaban J connectivity index is 0.00000405. The molecule has 3 aromatic heterocycles. The second-order valence-electron chi connectivity index (χ2n) is 8.41. The van der Waals surface area contributed by atoms with Crippen molar-refractivity contribution in [3.05, 3.63) is 66.0 Å². The van der Waals surface area contributed by atoms with Crippen LogP contribution in [-0.2, 0) is 7.05 Å². The summed E-state index contributed by atoms with van der Waals surface area (Å²) in [6.07, 6.45) is 3.25. The number of pyridine rings is 1. The molecule has 0 aliphatic carbocycles. The minimum absolute atomic E-state index is 0. The van der Waals surface area contributed by atoms with E-state index in [0.717, 1.165) is 5.69 Å². The van der Waals surface area contributed by atoms with Crippen molar-refractivity contribution in [1.29, 1.82) is 0 Å². The summed E-state index contributed by atoms with van der Waals surface area (Å²) in [6, 6.07) is 10.4. The van der Waals surface area contributed by atoms with Crippen molar-refractivity contribution >= 4 is 34.6 Å². The summed E-state index contributed by atoms with van der Waals surface area (Å²) in [5.41, 5.74) is 1.87. The number of aryl methyl sites for hydroxylation is 1. The lowest BCUT2D eigenvalue weighted by Crippen LogP contribution is -2.49. The van der Waals surface area contributed by atoms with Crippen LogP contribution in [0.5, 0.6) is 5.75 Å². The Bertz CT molecular complexity index is 1610. The fourth-order valence-corrected chi connectivity index (χ4v) is 3.94. The van der Waals surface area contributed by atoms with Crippen molar-refractivity contribution in [2.24, 2.45) is 7.05 Å². The number of nitrogens with one attached hydrogen (secondary N) is 3. The number of hydrogen-bond acceptors (Lipinski definition) is 10. The fraction of sp³-hybridized carbons (Fsp3) is 0.269. The Morgan fingerprint density at radius 1 is 1.15 bits per heavy atom. The van der Waals surface area contributed by atoms with Crippen molar-refractivity contribution in [1.82, 2.24) is 35.3 Å². The molecule has 0 unspecified atom stereocenters. The minimum Gasteiger partial charge on any atom is -0.494 e. The zero-order valence-electron chi connectivity index (χ0n) is 23.5. The molecule has 1 aliphatic rings. The van der Waals surface area contributed by atoms with Gasteiger partial charge in [0, 0.05) is 24.2 Å². The van der Waals surface area contributed by atoms with Crippen LogP contribution in [0.2, 0.25) is 0 Å². The SMILES string of the molecule is C.[2H]C([2H])([2H])NC(=O)c1nnc(Nc2ccc(N3CC([N+]#[C-])C3)cn2)cc1Nc1cccc(-c2ncn(C)n2)c1OC. The number of hydrogen-bond donors (Lipinski definition) is 3. The van der Waals surface area contributed by atoms with Crippen LogP contribution in [0.25, 0.3) is 16.2 Å². The van der Waals surface area contributed by atoms with E-state index in [9.17, 15) is 4.79 Å². The van der Waals surface area contributed by atoms with Gasteiger partial charge in [-0.25, -0.2) is 16.5 Å². The monoisotopic (exact) mass is 530 g/mol. The maximum Gasteiger partial charge on any atom is 0.273 e. The van der Waals surface area contributed by atoms with Gasteiger partial charge in [0.2, 0.25) is 0 Å². The molecule has 1 amide bonds. The first-order valence-electron chi connectivity index (χ1n) is 13.0. The van der Waals surface area contributed by atoms with Gasteiger partial charge in [0.15, 0.2) is 23.1 Å². The standard InChI is InChI=1S/C25H25N11O2.CH4/c1-26-15-12-36(13-15)16-8-9-20(28-11-16)31-21-10-19(22(33-32-21)25(37)27-2)30-18-7-5-6-17(23(18)38-4)24-29-14-35(3)34-24;/h5-11,14-15H,12-13H2,2-4H3,(H,27,37)(H2,28,30,31,32);1H4/i2D3;. The smallest absolute Gasteiger partial charge is 0.273 e. The van der Waals surface area contributed by atoms with Crippen molar-refractivity contribution in [3.8, 4) is 17.1 Å². The third-order valence-corrected chi connectivity index (χ3v) is 5.87. The molecule has 4 heterocycles. The van der Waals surface area contributed by atoms with Crippen molar-refractivity contribution < 1.29 is 13.6 Å². The number of ether oxygens (including phenoxy) is 1. The molecule has 0 radical (unpaired) electrons. The second-order valence-corrected chi connectivity index (χ2v) is 8.41. The van der Waals surface area contributed by atoms with E-state index < -0.39 is 12.9 Å². The first-order chi connectivity index (χ1) is 19.6. The molecule has 13 heteroatoms. The molecule has 1 fully saturated rings. The number of carbonyl (C=O) groups excluding carboxylic acids is 1. The summed E-state index contributed by atoms with van der Waals surface area (Å²) in [5.74, 6) is 0.605. The third kappa shape index (κ3) is 5.54. The summed E-state index contributed by atoms with van der Waals surface area (Å²) >= 11 is 0. The van der Waals surface area contributed by atoms with Gasteiger partial charge in [-0.15, -0.1) is 10.2 Å². The van der Waals surface area contributed by atoms with Crippen molar-refractivity contribution in [3.63, 3.8) is 0 Å². The number of amides is 1. The number of rotatable bonds is 8. The minimum atomic E-state index is -2.73. The lowest BCUT2D eigenvalue weighted by Gasteiger charge is -2.33. The van der Waals surface area contributed by atoms with Crippen LogP contribution in [0.15, 0.2) is 48.9 Å². The highest BCUT2D eigenvalue weighted by Crippen LogP contribution is 2.37. The molecular weight excluding hydrogens is 498 g/mol. The zero-order chi connectivity index (χ0) is 29.1. The summed E-state index contributed by atoms with van der Waals surface area (Å²) < 4.78 is 29.5.